The molecule has 0 aliphatic rings. The molecule has 6 aromatic rings. The zero-order valence-corrected chi connectivity index (χ0v) is 30.6. The number of nitrogens with one attached hydrogen (secondary N) is 3. The minimum absolute atomic E-state index is 0.0857. The van der Waals surface area contributed by atoms with Gasteiger partial charge >= 0.3 is 12.2 Å². The minimum Gasteiger partial charge on any atom is -0.453 e. The number of aromatic nitrogens is 6. The topological polar surface area (TPSA) is 192 Å². The van der Waals surface area contributed by atoms with Gasteiger partial charge in [-0.3, -0.25) is 18.7 Å². The molecule has 2 amide bonds. The number of primary amides is 1. The number of nitrogens with two attached hydrogens (primary N) is 1. The molecule has 2 atom stereocenters. The number of ether oxygens (including phenoxy) is 2. The average Bonchev–Trinajstić information content (AvgIpc) is 4.00. The number of benzene rings is 2. The predicted molar refractivity (Wildman–Crippen MR) is 203 cm³/mol. The molecule has 2 aromatic carbocycles. The van der Waals surface area contributed by atoms with Gasteiger partial charge < -0.3 is 30.5 Å². The lowest BCUT2D eigenvalue weighted by Crippen LogP contribution is -2.46. The molecule has 54 heavy (non-hydrogen) atoms. The van der Waals surface area contributed by atoms with Crippen molar-refractivity contribution < 1.29 is 28.7 Å². The molecule has 5 N–H and O–H groups in total. The van der Waals surface area contributed by atoms with E-state index in [0.29, 0.717) is 23.0 Å². The van der Waals surface area contributed by atoms with Crippen LogP contribution < -0.4 is 11.1 Å². The first-order chi connectivity index (χ1) is 25.9. The fraction of sp³-hybridized carbons (Fsp3) is 0.250. The molecular formula is C40H42N8O6. The standard InChI is InChI=1S/C40H42N8O6/c1-23(2)29(22-54-39(41)51)37(49)47-18-6-8-32(47)35-42-20-30(44-35)27-14-10-25(11-15-27)26-12-16-28(17-13-26)31-21-43-36(45-31)33-9-7-19-48(33)38(50)34(24(3)4)46-40(52)53-5/h6-21,23-24,29,34H,22H2,1-5H3,(H2,41,51)(H,42,44)(H,43,45)(H,46,52)/t29-,34+/m1/s1. The van der Waals surface area contributed by atoms with Crippen LogP contribution in [-0.4, -0.2) is 72.8 Å². The summed E-state index contributed by atoms with van der Waals surface area (Å²) in [6.07, 6.45) is 5.17. The Bertz CT molecular complexity index is 2260. The molecule has 0 bridgehead atoms. The summed E-state index contributed by atoms with van der Waals surface area (Å²) >= 11 is 0. The van der Waals surface area contributed by atoms with Gasteiger partial charge in [0.05, 0.1) is 48.2 Å². The Labute approximate surface area is 311 Å². The zero-order valence-electron chi connectivity index (χ0n) is 30.6. The Balaban J connectivity index is 1.14. The number of hydrogen-bond acceptors (Lipinski definition) is 8. The van der Waals surface area contributed by atoms with Gasteiger partial charge in [0.2, 0.25) is 5.91 Å². The first kappa shape index (κ1) is 37.1. The summed E-state index contributed by atoms with van der Waals surface area (Å²) < 4.78 is 12.7. The fourth-order valence-corrected chi connectivity index (χ4v) is 6.16. The van der Waals surface area contributed by atoms with Gasteiger partial charge in [0.15, 0.2) is 11.6 Å². The maximum atomic E-state index is 13.4. The van der Waals surface area contributed by atoms with Gasteiger partial charge in [-0.25, -0.2) is 19.6 Å². The van der Waals surface area contributed by atoms with Gasteiger partial charge in [-0.2, -0.15) is 0 Å². The summed E-state index contributed by atoms with van der Waals surface area (Å²) in [7, 11) is 1.26. The smallest absolute Gasteiger partial charge is 0.407 e. The number of H-pyrrole nitrogens is 2. The van der Waals surface area contributed by atoms with Crippen LogP contribution in [-0.2, 0) is 9.47 Å². The Hall–Kier alpha value is -6.70. The van der Waals surface area contributed by atoms with Crippen molar-refractivity contribution in [2.75, 3.05) is 13.7 Å². The van der Waals surface area contributed by atoms with Crippen LogP contribution in [0.25, 0.3) is 56.7 Å². The second-order valence-electron chi connectivity index (χ2n) is 13.5. The maximum Gasteiger partial charge on any atom is 0.407 e. The highest BCUT2D eigenvalue weighted by molar-refractivity contribution is 5.91. The summed E-state index contributed by atoms with van der Waals surface area (Å²) in [6.45, 7) is 7.37. The van der Waals surface area contributed by atoms with E-state index in [0.717, 1.165) is 33.6 Å². The monoisotopic (exact) mass is 730 g/mol. The number of aromatic amines is 2. The van der Waals surface area contributed by atoms with E-state index in [-0.39, 0.29) is 30.3 Å². The van der Waals surface area contributed by atoms with Crippen LogP contribution in [0.4, 0.5) is 9.59 Å². The Morgan fingerprint density at radius 1 is 0.704 bits per heavy atom. The fourth-order valence-electron chi connectivity index (χ4n) is 6.16. The molecule has 0 saturated carbocycles. The lowest BCUT2D eigenvalue weighted by molar-refractivity contribution is 0.0681. The number of methoxy groups -OCH3 is 1. The number of nitrogens with zero attached hydrogens (tertiary/aromatic N) is 4. The van der Waals surface area contributed by atoms with E-state index >= 15 is 0 Å². The van der Waals surface area contributed by atoms with E-state index in [2.05, 4.69) is 25.3 Å². The number of rotatable bonds is 12. The second-order valence-corrected chi connectivity index (χ2v) is 13.5. The van der Waals surface area contributed by atoms with Crippen molar-refractivity contribution in [1.82, 2.24) is 34.4 Å². The molecule has 0 radical (unpaired) electrons. The first-order valence-corrected chi connectivity index (χ1v) is 17.5. The van der Waals surface area contributed by atoms with Crippen molar-refractivity contribution in [3.05, 3.63) is 97.6 Å². The van der Waals surface area contributed by atoms with Gasteiger partial charge in [-0.05, 0) is 58.4 Å². The number of imidazole rings is 2. The molecular weight excluding hydrogens is 688 g/mol. The molecule has 0 unspecified atom stereocenters. The number of carbonyl (C=O) groups excluding carboxylic acids is 4. The third kappa shape index (κ3) is 7.87. The molecule has 278 valence electrons. The Kier molecular flexibility index (Phi) is 10.9. The van der Waals surface area contributed by atoms with Crippen molar-refractivity contribution in [3.8, 4) is 56.7 Å². The minimum atomic E-state index is -0.920. The van der Waals surface area contributed by atoms with E-state index in [1.165, 1.54) is 16.2 Å². The average molecular weight is 731 g/mol. The van der Waals surface area contributed by atoms with E-state index in [9.17, 15) is 19.2 Å². The molecule has 14 heteroatoms. The quantitative estimate of drug-likeness (QED) is 0.102. The highest BCUT2D eigenvalue weighted by atomic mass is 16.5. The highest BCUT2D eigenvalue weighted by Gasteiger charge is 2.29. The van der Waals surface area contributed by atoms with Crippen molar-refractivity contribution in [2.45, 2.75) is 33.7 Å². The Morgan fingerprint density at radius 3 is 1.59 bits per heavy atom. The summed E-state index contributed by atoms with van der Waals surface area (Å²) in [5.74, 6) is -0.314. The summed E-state index contributed by atoms with van der Waals surface area (Å²) in [5, 5.41) is 2.63. The van der Waals surface area contributed by atoms with Crippen molar-refractivity contribution in [1.29, 1.82) is 0 Å². The summed E-state index contributed by atoms with van der Waals surface area (Å²) in [4.78, 5) is 65.7. The first-order valence-electron chi connectivity index (χ1n) is 17.5. The van der Waals surface area contributed by atoms with Crippen molar-refractivity contribution in [2.24, 2.45) is 23.5 Å². The van der Waals surface area contributed by atoms with Crippen molar-refractivity contribution >= 4 is 24.0 Å². The van der Waals surface area contributed by atoms with Crippen molar-refractivity contribution in [3.63, 3.8) is 0 Å². The number of alkyl carbamates (subject to hydrolysis) is 1. The van der Waals surface area contributed by atoms with Crippen LogP contribution in [0.1, 0.15) is 37.3 Å². The molecule has 4 aromatic heterocycles. The van der Waals surface area contributed by atoms with E-state index in [1.54, 1.807) is 49.1 Å². The van der Waals surface area contributed by atoms with Gasteiger partial charge in [0.1, 0.15) is 12.6 Å². The number of hydrogen-bond donors (Lipinski definition) is 4. The van der Waals surface area contributed by atoms with Crippen LogP contribution >= 0.6 is 0 Å². The molecule has 6 rings (SSSR count). The van der Waals surface area contributed by atoms with Gasteiger partial charge in [0.25, 0.3) is 5.91 Å². The Morgan fingerprint density at radius 2 is 1.17 bits per heavy atom. The SMILES string of the molecule is COC(=O)N[C@H](C(=O)n1cccc1-c1ncc(-c2ccc(-c3ccc(-c4cnc(-c5cccn5C(=O)[C@H](COC(N)=O)C(C)C)[nH]4)cc3)cc2)[nH]1)C(C)C. The lowest BCUT2D eigenvalue weighted by atomic mass is 9.95. The van der Waals surface area contributed by atoms with Gasteiger partial charge in [-0.15, -0.1) is 0 Å². The molecule has 0 aliphatic carbocycles. The number of amides is 2. The highest BCUT2D eigenvalue weighted by Crippen LogP contribution is 2.30. The molecule has 14 nitrogen and oxygen atoms in total. The van der Waals surface area contributed by atoms with E-state index < -0.39 is 24.1 Å². The van der Waals surface area contributed by atoms with Crippen LogP contribution in [0.15, 0.2) is 97.6 Å². The van der Waals surface area contributed by atoms with Gasteiger partial charge in [-0.1, -0.05) is 76.2 Å². The third-order valence-corrected chi connectivity index (χ3v) is 9.25. The summed E-state index contributed by atoms with van der Waals surface area (Å²) in [5.41, 5.74) is 11.7. The van der Waals surface area contributed by atoms with E-state index in [1.807, 2.05) is 76.2 Å². The second kappa shape index (κ2) is 15.9. The maximum absolute atomic E-state index is 13.4. The van der Waals surface area contributed by atoms with Crippen LogP contribution in [0, 0.1) is 17.8 Å². The van der Waals surface area contributed by atoms with Crippen LogP contribution in [0.5, 0.6) is 0 Å². The molecule has 0 saturated heterocycles. The predicted octanol–water partition coefficient (Wildman–Crippen LogP) is 7.10. The normalized spacial score (nSPS) is 12.4. The van der Waals surface area contributed by atoms with Gasteiger partial charge in [0, 0.05) is 12.4 Å². The lowest BCUT2D eigenvalue weighted by Gasteiger charge is -2.21. The third-order valence-electron chi connectivity index (χ3n) is 9.25. The zero-order chi connectivity index (χ0) is 38.5. The molecule has 0 aliphatic heterocycles. The van der Waals surface area contributed by atoms with Crippen LogP contribution in [0.3, 0.4) is 0 Å². The largest absolute Gasteiger partial charge is 0.453 e. The van der Waals surface area contributed by atoms with Crippen LogP contribution in [0.2, 0.25) is 0 Å². The molecule has 0 spiro atoms. The molecule has 0 fully saturated rings. The number of carbonyl (C=O) groups is 4. The molecule has 4 heterocycles. The summed E-state index contributed by atoms with van der Waals surface area (Å²) in [6, 6.07) is 22.5. The van der Waals surface area contributed by atoms with E-state index in [4.69, 9.17) is 15.2 Å².